The molecular weight excluding hydrogens is 266 g/mol. The molecule has 1 N–H and O–H groups in total. The molecule has 1 atom stereocenters. The third-order valence-corrected chi connectivity index (χ3v) is 4.27. The molecule has 0 saturated heterocycles. The van der Waals surface area contributed by atoms with E-state index in [0.29, 0.717) is 6.61 Å². The van der Waals surface area contributed by atoms with Crippen molar-refractivity contribution in [3.8, 4) is 11.5 Å². The van der Waals surface area contributed by atoms with E-state index in [1.165, 1.54) is 25.7 Å². The number of rotatable bonds is 8. The van der Waals surface area contributed by atoms with Gasteiger partial charge in [0.1, 0.15) is 0 Å². The Morgan fingerprint density at radius 1 is 1.14 bits per heavy atom. The third-order valence-electron chi connectivity index (χ3n) is 4.27. The Labute approximate surface area is 127 Å². The van der Waals surface area contributed by atoms with Gasteiger partial charge in [-0.25, -0.2) is 0 Å². The fraction of sp³-hybridized carbons (Fsp3) is 0.647. The van der Waals surface area contributed by atoms with Gasteiger partial charge < -0.3 is 19.5 Å². The van der Waals surface area contributed by atoms with E-state index in [4.69, 9.17) is 14.2 Å². The Hall–Kier alpha value is -1.26. The van der Waals surface area contributed by atoms with Gasteiger partial charge in [0.15, 0.2) is 11.5 Å². The Kier molecular flexibility index (Phi) is 6.33. The maximum absolute atomic E-state index is 5.92. The minimum atomic E-state index is 0.172. The van der Waals surface area contributed by atoms with Gasteiger partial charge in [-0.05, 0) is 43.5 Å². The van der Waals surface area contributed by atoms with E-state index in [9.17, 15) is 0 Å². The molecule has 0 amide bonds. The smallest absolute Gasteiger partial charge is 0.161 e. The van der Waals surface area contributed by atoms with Crippen LogP contribution in [0.15, 0.2) is 18.2 Å². The Balaban J connectivity index is 1.92. The second kappa shape index (κ2) is 8.25. The molecule has 1 saturated carbocycles. The minimum Gasteiger partial charge on any atom is -0.493 e. The Morgan fingerprint density at radius 3 is 2.48 bits per heavy atom. The van der Waals surface area contributed by atoms with E-state index in [0.717, 1.165) is 29.6 Å². The Morgan fingerprint density at radius 2 is 1.86 bits per heavy atom. The van der Waals surface area contributed by atoms with Crippen LogP contribution in [0, 0.1) is 5.92 Å². The summed E-state index contributed by atoms with van der Waals surface area (Å²) in [6.45, 7) is 1.56. The molecular formula is C17H27NO3. The van der Waals surface area contributed by atoms with E-state index >= 15 is 0 Å². The lowest BCUT2D eigenvalue weighted by molar-refractivity contribution is 0.0844. The fourth-order valence-electron chi connectivity index (χ4n) is 2.95. The average molecular weight is 293 g/mol. The van der Waals surface area contributed by atoms with Gasteiger partial charge in [0.2, 0.25) is 0 Å². The third kappa shape index (κ3) is 4.35. The summed E-state index contributed by atoms with van der Waals surface area (Å²) in [6, 6.07) is 6.18. The zero-order valence-electron chi connectivity index (χ0n) is 13.4. The molecule has 0 aliphatic heterocycles. The normalized spacial score (nSPS) is 16.9. The topological polar surface area (TPSA) is 39.7 Å². The van der Waals surface area contributed by atoms with Gasteiger partial charge in [-0.1, -0.05) is 18.9 Å². The molecule has 1 fully saturated rings. The molecule has 0 spiro atoms. The molecule has 21 heavy (non-hydrogen) atoms. The molecule has 0 heterocycles. The summed E-state index contributed by atoms with van der Waals surface area (Å²) in [5.74, 6) is 2.27. The summed E-state index contributed by atoms with van der Waals surface area (Å²) in [6.07, 6.45) is 5.36. The van der Waals surface area contributed by atoms with Crippen molar-refractivity contribution >= 4 is 0 Å². The zero-order valence-corrected chi connectivity index (χ0v) is 13.4. The van der Waals surface area contributed by atoms with Gasteiger partial charge >= 0.3 is 0 Å². The minimum absolute atomic E-state index is 0.172. The molecule has 2 rings (SSSR count). The van der Waals surface area contributed by atoms with Crippen molar-refractivity contribution < 1.29 is 14.2 Å². The molecule has 1 aromatic carbocycles. The predicted octanol–water partition coefficient (Wildman–Crippen LogP) is 3.17. The van der Waals surface area contributed by atoms with Gasteiger partial charge in [-0.2, -0.15) is 0 Å². The average Bonchev–Trinajstić information content (AvgIpc) is 3.04. The van der Waals surface area contributed by atoms with Crippen LogP contribution < -0.4 is 14.8 Å². The first-order valence-corrected chi connectivity index (χ1v) is 7.75. The number of nitrogens with one attached hydrogen (secondary N) is 1. The van der Waals surface area contributed by atoms with E-state index in [1.807, 2.05) is 19.2 Å². The van der Waals surface area contributed by atoms with Crippen LogP contribution in [0.4, 0.5) is 0 Å². The van der Waals surface area contributed by atoms with Gasteiger partial charge in [0.25, 0.3) is 0 Å². The molecule has 1 unspecified atom stereocenters. The number of hydrogen-bond donors (Lipinski definition) is 1. The standard InChI is InChI=1S/C17H27NO3/c1-18-15(12-21-11-13-6-4-5-7-13)14-8-9-16(19-2)17(10-14)20-3/h8-10,13,15,18H,4-7,11-12H2,1-3H3. The first kappa shape index (κ1) is 16.1. The van der Waals surface area contributed by atoms with Crippen molar-refractivity contribution in [2.45, 2.75) is 31.7 Å². The van der Waals surface area contributed by atoms with Crippen LogP contribution in [0.2, 0.25) is 0 Å². The quantitative estimate of drug-likeness (QED) is 0.799. The summed E-state index contributed by atoms with van der Waals surface area (Å²) in [4.78, 5) is 0. The molecule has 4 nitrogen and oxygen atoms in total. The van der Waals surface area contributed by atoms with Crippen molar-refractivity contribution in [3.63, 3.8) is 0 Å². The predicted molar refractivity (Wildman–Crippen MR) is 84.1 cm³/mol. The van der Waals surface area contributed by atoms with E-state index in [1.54, 1.807) is 14.2 Å². The van der Waals surface area contributed by atoms with E-state index in [2.05, 4.69) is 11.4 Å². The van der Waals surface area contributed by atoms with Gasteiger partial charge in [-0.15, -0.1) is 0 Å². The SMILES string of the molecule is CNC(COCC1CCCC1)c1ccc(OC)c(OC)c1. The largest absolute Gasteiger partial charge is 0.493 e. The number of likely N-dealkylation sites (N-methyl/N-ethyl adjacent to an activating group) is 1. The summed E-state index contributed by atoms with van der Waals surface area (Å²) < 4.78 is 16.6. The molecule has 1 aliphatic rings. The maximum atomic E-state index is 5.92. The Bertz CT molecular complexity index is 430. The molecule has 1 aliphatic carbocycles. The fourth-order valence-corrected chi connectivity index (χ4v) is 2.95. The number of methoxy groups -OCH3 is 2. The highest BCUT2D eigenvalue weighted by atomic mass is 16.5. The monoisotopic (exact) mass is 293 g/mol. The lowest BCUT2D eigenvalue weighted by atomic mass is 10.1. The van der Waals surface area contributed by atoms with Crippen molar-refractivity contribution in [3.05, 3.63) is 23.8 Å². The second-order valence-electron chi connectivity index (χ2n) is 5.64. The van der Waals surface area contributed by atoms with Crippen molar-refractivity contribution in [1.29, 1.82) is 0 Å². The first-order valence-electron chi connectivity index (χ1n) is 7.75. The molecule has 1 aromatic rings. The van der Waals surface area contributed by atoms with Gasteiger partial charge in [0.05, 0.1) is 26.9 Å². The van der Waals surface area contributed by atoms with Crippen LogP contribution in [0.3, 0.4) is 0 Å². The van der Waals surface area contributed by atoms with Crippen LogP contribution in [-0.4, -0.2) is 34.5 Å². The molecule has 0 bridgehead atoms. The molecule has 4 heteroatoms. The highest BCUT2D eigenvalue weighted by Crippen LogP contribution is 2.30. The van der Waals surface area contributed by atoms with E-state index in [-0.39, 0.29) is 6.04 Å². The number of hydrogen-bond acceptors (Lipinski definition) is 4. The van der Waals surface area contributed by atoms with Crippen LogP contribution in [-0.2, 0) is 4.74 Å². The van der Waals surface area contributed by atoms with Gasteiger partial charge in [0, 0.05) is 6.61 Å². The highest BCUT2D eigenvalue weighted by Gasteiger charge is 2.17. The molecule has 0 aromatic heterocycles. The zero-order chi connectivity index (χ0) is 15.1. The summed E-state index contributed by atoms with van der Waals surface area (Å²) in [5, 5.41) is 3.31. The summed E-state index contributed by atoms with van der Waals surface area (Å²) >= 11 is 0. The first-order chi connectivity index (χ1) is 10.3. The number of ether oxygens (including phenoxy) is 3. The lowest BCUT2D eigenvalue weighted by Crippen LogP contribution is -2.23. The van der Waals surface area contributed by atoms with Crippen molar-refractivity contribution in [2.75, 3.05) is 34.5 Å². The van der Waals surface area contributed by atoms with Crippen LogP contribution >= 0.6 is 0 Å². The van der Waals surface area contributed by atoms with Crippen LogP contribution in [0.5, 0.6) is 11.5 Å². The highest BCUT2D eigenvalue weighted by molar-refractivity contribution is 5.43. The van der Waals surface area contributed by atoms with Crippen LogP contribution in [0.1, 0.15) is 37.3 Å². The number of benzene rings is 1. The van der Waals surface area contributed by atoms with Crippen LogP contribution in [0.25, 0.3) is 0 Å². The van der Waals surface area contributed by atoms with Gasteiger partial charge in [-0.3, -0.25) is 0 Å². The molecule has 0 radical (unpaired) electrons. The van der Waals surface area contributed by atoms with E-state index < -0.39 is 0 Å². The molecule has 118 valence electrons. The lowest BCUT2D eigenvalue weighted by Gasteiger charge is -2.19. The second-order valence-corrected chi connectivity index (χ2v) is 5.64. The summed E-state index contributed by atoms with van der Waals surface area (Å²) in [7, 11) is 5.27. The van der Waals surface area contributed by atoms with Crippen molar-refractivity contribution in [1.82, 2.24) is 5.32 Å². The maximum Gasteiger partial charge on any atom is 0.161 e. The van der Waals surface area contributed by atoms with Crippen molar-refractivity contribution in [2.24, 2.45) is 5.92 Å². The summed E-state index contributed by atoms with van der Waals surface area (Å²) in [5.41, 5.74) is 1.15.